The molecule has 0 rings (SSSR count). The minimum atomic E-state index is 0. The van der Waals surface area contributed by atoms with Crippen LogP contribution in [-0.4, -0.2) is 0 Å². The van der Waals surface area contributed by atoms with Gasteiger partial charge in [-0.1, -0.05) is 0 Å². The smallest absolute Gasteiger partial charge is 1.00 e. The summed E-state index contributed by atoms with van der Waals surface area (Å²) < 4.78 is 0. The molecular formula is C6H8CsFeKN6. The maximum absolute atomic E-state index is 6.50. The van der Waals surface area contributed by atoms with Crippen LogP contribution in [0.4, 0.5) is 0 Å². The van der Waals surface area contributed by atoms with E-state index in [1.165, 1.54) is 0 Å². The largest absolute Gasteiger partial charge is 1.00 e. The second-order valence-electron chi connectivity index (χ2n) is 0. The molecule has 0 spiro atoms. The van der Waals surface area contributed by atoms with Gasteiger partial charge in [0.15, 0.2) is 0 Å². The Balaban J connectivity index is -0.00000000267. The van der Waals surface area contributed by atoms with Crippen LogP contribution in [-0.2, 0) is 17.1 Å². The van der Waals surface area contributed by atoms with Gasteiger partial charge >= 0.3 is 120 Å². The van der Waals surface area contributed by atoms with Gasteiger partial charge in [-0.15, -0.1) is 0 Å². The first-order valence-corrected chi connectivity index (χ1v) is 1.55. The third-order valence-corrected chi connectivity index (χ3v) is 0. The number of nitriles is 6. The molecular weight excluding hydrogens is 384 g/mol. The van der Waals surface area contributed by atoms with Gasteiger partial charge in [0.2, 0.25) is 0 Å². The van der Waals surface area contributed by atoms with Gasteiger partial charge in [-0.3, -0.25) is 0 Å². The van der Waals surface area contributed by atoms with Crippen LogP contribution >= 0.6 is 0 Å². The maximum atomic E-state index is 6.50. The van der Waals surface area contributed by atoms with Crippen molar-refractivity contribution in [3.8, 4) is 39.4 Å². The maximum Gasteiger partial charge on any atom is 1.00 e. The van der Waals surface area contributed by atoms with Gasteiger partial charge < -0.3 is 2.85 Å². The zero-order chi connectivity index (χ0) is 12.0. The van der Waals surface area contributed by atoms with Crippen molar-refractivity contribution < 1.29 is 140 Å². The van der Waals surface area contributed by atoms with Crippen LogP contribution in [0.1, 0.15) is 2.85 Å². The van der Waals surface area contributed by atoms with Gasteiger partial charge in [-0.05, 0) is 0 Å². The molecule has 0 radical (unpaired) electrons. The van der Waals surface area contributed by atoms with E-state index in [1.54, 1.807) is 0 Å². The molecule has 6 nitrogen and oxygen atoms in total. The van der Waals surface area contributed by atoms with Crippen molar-refractivity contribution in [1.29, 1.82) is 31.6 Å². The summed E-state index contributed by atoms with van der Waals surface area (Å²) in [6, 6.07) is 0. The standard InChI is InChI=1S/6CHN.Cs.Fe.K.2H/c6*1-2;;;;;/h6*1H;;;;;/q;;;;;;+1;;+1;2*-1. The minimum absolute atomic E-state index is 0. The third kappa shape index (κ3) is 1990. The molecule has 0 aromatic rings. The molecule has 0 unspecified atom stereocenters. The van der Waals surface area contributed by atoms with E-state index >= 15 is 0 Å². The number of hydrogen-bond acceptors (Lipinski definition) is 6. The molecule has 0 saturated heterocycles. The second-order valence-corrected chi connectivity index (χ2v) is 0. The first-order chi connectivity index (χ1) is 6.00. The predicted molar refractivity (Wildman–Crippen MR) is 42.2 cm³/mol. The predicted octanol–water partition coefficient (Wildman–Crippen LogP) is -4.93. The van der Waals surface area contributed by atoms with Gasteiger partial charge in [-0.25, -0.2) is 31.6 Å². The van der Waals surface area contributed by atoms with Gasteiger partial charge in [0.05, 0.1) is 0 Å². The van der Waals surface area contributed by atoms with Gasteiger partial charge in [0.1, 0.15) is 0 Å². The van der Waals surface area contributed by atoms with Crippen LogP contribution in [0.2, 0.25) is 0 Å². The molecule has 0 aliphatic rings. The zero-order valence-electron chi connectivity index (χ0n) is 10.5. The Labute approximate surface area is 206 Å². The average molecular weight is 392 g/mol. The van der Waals surface area contributed by atoms with Crippen molar-refractivity contribution in [3.05, 3.63) is 0 Å². The summed E-state index contributed by atoms with van der Waals surface area (Å²) in [6.45, 7) is 21.0. The SMILES string of the molecule is C#N.C#N.C#N.C#N.C#N.C#N.[Cs+].[Fe].[H-].[H-].[K+]. The zero-order valence-corrected chi connectivity index (χ0v) is 19.0. The van der Waals surface area contributed by atoms with E-state index in [-0.39, 0.29) is 140 Å². The molecule has 0 aromatic heterocycles. The van der Waals surface area contributed by atoms with Gasteiger partial charge in [-0.2, -0.15) is 0 Å². The van der Waals surface area contributed by atoms with E-state index in [0.717, 1.165) is 0 Å². The topological polar surface area (TPSA) is 143 Å². The van der Waals surface area contributed by atoms with Crippen LogP contribution in [0.15, 0.2) is 0 Å². The fraction of sp³-hybridized carbons (Fsp3) is 0. The first kappa shape index (κ1) is 72.5. The summed E-state index contributed by atoms with van der Waals surface area (Å²) in [4.78, 5) is 0. The molecule has 0 aromatic carbocycles. The molecule has 0 heterocycles. The summed E-state index contributed by atoms with van der Waals surface area (Å²) in [5.41, 5.74) is 0. The van der Waals surface area contributed by atoms with Gasteiger partial charge in [0.25, 0.3) is 0 Å². The van der Waals surface area contributed by atoms with E-state index in [9.17, 15) is 0 Å². The Morgan fingerprint density at radius 1 is 0.467 bits per heavy atom. The summed E-state index contributed by atoms with van der Waals surface area (Å²) in [5, 5.41) is 39.0. The average Bonchev–Trinajstić information content (AvgIpc) is 2.33. The molecule has 9 heteroatoms. The molecule has 0 aliphatic carbocycles. The van der Waals surface area contributed by atoms with Crippen LogP contribution in [0.3, 0.4) is 0 Å². The first-order valence-electron chi connectivity index (χ1n) is 1.55. The van der Waals surface area contributed by atoms with E-state index in [0.29, 0.717) is 0 Å². The molecule has 0 N–H and O–H groups in total. The van der Waals surface area contributed by atoms with E-state index in [2.05, 4.69) is 39.4 Å². The van der Waals surface area contributed by atoms with Crippen LogP contribution in [0, 0.1) is 71.0 Å². The Morgan fingerprint density at radius 3 is 0.467 bits per heavy atom. The van der Waals surface area contributed by atoms with E-state index in [4.69, 9.17) is 31.6 Å². The van der Waals surface area contributed by atoms with Crippen LogP contribution < -0.4 is 120 Å². The summed E-state index contributed by atoms with van der Waals surface area (Å²) in [7, 11) is 0. The summed E-state index contributed by atoms with van der Waals surface area (Å²) in [5.74, 6) is 0. The number of rotatable bonds is 0. The molecule has 0 amide bonds. The van der Waals surface area contributed by atoms with Crippen molar-refractivity contribution in [1.82, 2.24) is 0 Å². The van der Waals surface area contributed by atoms with Gasteiger partial charge in [0, 0.05) is 56.5 Å². The summed E-state index contributed by atoms with van der Waals surface area (Å²) in [6.07, 6.45) is 0. The molecule has 0 atom stereocenters. The molecule has 72 valence electrons. The quantitative estimate of drug-likeness (QED) is 0.378. The number of hydrogen-bond donors (Lipinski definition) is 0. The number of nitrogens with zero attached hydrogens (tertiary/aromatic N) is 6. The van der Waals surface area contributed by atoms with Crippen molar-refractivity contribution in [2.45, 2.75) is 0 Å². The Kier molecular flexibility index (Phi) is 11100. The Hall–Kier alpha value is 1.15. The fourth-order valence-electron chi connectivity index (χ4n) is 0. The minimum Gasteiger partial charge on any atom is -1.00 e. The normalized spacial score (nSPS) is 0.800. The van der Waals surface area contributed by atoms with Crippen molar-refractivity contribution in [3.63, 3.8) is 0 Å². The molecule has 0 aliphatic heterocycles. The molecule has 0 bridgehead atoms. The molecule has 0 fully saturated rings. The second kappa shape index (κ2) is 2300. The Bertz CT molecular complexity index is 112. The van der Waals surface area contributed by atoms with Crippen LogP contribution in [0.25, 0.3) is 0 Å². The fourth-order valence-corrected chi connectivity index (χ4v) is 0. The van der Waals surface area contributed by atoms with Crippen LogP contribution in [0.5, 0.6) is 0 Å². The monoisotopic (exact) mass is 392 g/mol. The molecule has 0 saturated carbocycles. The molecule has 15 heavy (non-hydrogen) atoms. The van der Waals surface area contributed by atoms with E-state index in [1.807, 2.05) is 0 Å². The Morgan fingerprint density at radius 2 is 0.467 bits per heavy atom. The third-order valence-electron chi connectivity index (χ3n) is 0. The van der Waals surface area contributed by atoms with Crippen molar-refractivity contribution >= 4 is 0 Å². The summed E-state index contributed by atoms with van der Waals surface area (Å²) >= 11 is 0. The van der Waals surface area contributed by atoms with Crippen molar-refractivity contribution in [2.24, 2.45) is 0 Å². The van der Waals surface area contributed by atoms with E-state index < -0.39 is 0 Å². The van der Waals surface area contributed by atoms with Crippen molar-refractivity contribution in [2.75, 3.05) is 0 Å².